The lowest BCUT2D eigenvalue weighted by atomic mass is 10.0. The molecule has 0 spiro atoms. The van der Waals surface area contributed by atoms with Crippen LogP contribution in [0, 0.1) is 41.7 Å². The van der Waals surface area contributed by atoms with Crippen LogP contribution in [0.2, 0.25) is 0 Å². The van der Waals surface area contributed by atoms with Crippen molar-refractivity contribution in [2.24, 2.45) is 0 Å². The Hall–Kier alpha value is -4.27. The number of pyridine rings is 1. The van der Waals surface area contributed by atoms with Gasteiger partial charge >= 0.3 is 0 Å². The van der Waals surface area contributed by atoms with Gasteiger partial charge in [-0.25, -0.2) is 17.2 Å². The number of nitrogens with zero attached hydrogens (tertiary/aromatic N) is 1. The van der Waals surface area contributed by atoms with E-state index in [1.165, 1.54) is 18.2 Å². The number of hydrogen-bond acceptors (Lipinski definition) is 4. The van der Waals surface area contributed by atoms with E-state index in [4.69, 9.17) is 0 Å². The Labute approximate surface area is 194 Å². The number of nitrogens with one attached hydrogen (secondary N) is 1. The van der Waals surface area contributed by atoms with Gasteiger partial charge in [-0.1, -0.05) is 30.0 Å². The quantitative estimate of drug-likeness (QED) is 0.435. The number of sulfone groups is 1. The van der Waals surface area contributed by atoms with Gasteiger partial charge in [-0.3, -0.25) is 4.79 Å². The predicted molar refractivity (Wildman–Crippen MR) is 125 cm³/mol. The molecule has 1 heterocycles. The Bertz CT molecular complexity index is 1760. The Balaban J connectivity index is 1.95. The number of nitriles is 1. The van der Waals surface area contributed by atoms with Gasteiger partial charge in [0.15, 0.2) is 21.1 Å². The molecule has 0 aliphatic heterocycles. The molecule has 0 amide bonds. The van der Waals surface area contributed by atoms with Gasteiger partial charge < -0.3 is 4.98 Å². The number of rotatable bonds is 2. The minimum atomic E-state index is -3.73. The fourth-order valence-corrected chi connectivity index (χ4v) is 4.46. The van der Waals surface area contributed by atoms with Crippen molar-refractivity contribution in [2.75, 3.05) is 6.26 Å². The van der Waals surface area contributed by atoms with Gasteiger partial charge in [-0.05, 0) is 42.8 Å². The third kappa shape index (κ3) is 4.19. The number of H-pyrrole nitrogens is 1. The van der Waals surface area contributed by atoms with Crippen molar-refractivity contribution >= 4 is 20.7 Å². The van der Waals surface area contributed by atoms with Crippen LogP contribution in [0.4, 0.5) is 8.78 Å². The second-order valence-corrected chi connectivity index (χ2v) is 9.66. The van der Waals surface area contributed by atoms with Crippen LogP contribution in [0.3, 0.4) is 0 Å². The van der Waals surface area contributed by atoms with E-state index in [9.17, 15) is 22.9 Å². The summed E-state index contributed by atoms with van der Waals surface area (Å²) >= 11 is 0. The molecule has 34 heavy (non-hydrogen) atoms. The highest BCUT2D eigenvalue weighted by molar-refractivity contribution is 7.90. The van der Waals surface area contributed by atoms with Crippen molar-refractivity contribution < 1.29 is 17.2 Å². The molecule has 0 bridgehead atoms. The van der Waals surface area contributed by atoms with E-state index in [1.54, 1.807) is 12.1 Å². The second kappa shape index (κ2) is 8.58. The third-order valence-electron chi connectivity index (χ3n) is 5.27. The molecule has 4 rings (SSSR count). The first-order valence-corrected chi connectivity index (χ1v) is 11.9. The van der Waals surface area contributed by atoms with E-state index in [0.29, 0.717) is 5.56 Å². The highest BCUT2D eigenvalue weighted by atomic mass is 32.2. The van der Waals surface area contributed by atoms with Crippen molar-refractivity contribution in [1.29, 1.82) is 5.26 Å². The summed E-state index contributed by atoms with van der Waals surface area (Å²) in [6.45, 7) is 1.81. The summed E-state index contributed by atoms with van der Waals surface area (Å²) < 4.78 is 54.5. The molecule has 5 nitrogen and oxygen atoms in total. The van der Waals surface area contributed by atoms with Crippen LogP contribution in [0.15, 0.2) is 64.3 Å². The Morgan fingerprint density at radius 3 is 2.41 bits per heavy atom. The number of benzene rings is 3. The molecule has 3 aromatic carbocycles. The van der Waals surface area contributed by atoms with Crippen molar-refractivity contribution in [2.45, 2.75) is 11.8 Å². The zero-order chi connectivity index (χ0) is 24.6. The molecule has 0 radical (unpaired) electrons. The Morgan fingerprint density at radius 1 is 1.00 bits per heavy atom. The maximum absolute atomic E-state index is 15.2. The van der Waals surface area contributed by atoms with E-state index in [-0.39, 0.29) is 27.2 Å². The number of aromatic amines is 1. The zero-order valence-corrected chi connectivity index (χ0v) is 18.8. The fourth-order valence-electron chi connectivity index (χ4n) is 3.58. The smallest absolute Gasteiger partial charge is 0.193 e. The third-order valence-corrected chi connectivity index (χ3v) is 6.43. The lowest BCUT2D eigenvalue weighted by Crippen LogP contribution is -2.09. The van der Waals surface area contributed by atoms with Crippen LogP contribution in [0.1, 0.15) is 22.3 Å². The van der Waals surface area contributed by atoms with Crippen molar-refractivity contribution in [3.8, 4) is 29.2 Å². The molecule has 0 unspecified atom stereocenters. The monoisotopic (exact) mass is 474 g/mol. The fraction of sp³-hybridized carbons (Fsp3) is 0.0769. The first-order valence-electron chi connectivity index (χ1n) is 9.97. The number of aryl methyl sites for hydroxylation is 1. The summed E-state index contributed by atoms with van der Waals surface area (Å²) in [6.07, 6.45) is 0.982. The van der Waals surface area contributed by atoms with Crippen LogP contribution >= 0.6 is 0 Å². The average Bonchev–Trinajstić information content (AvgIpc) is 2.78. The molecule has 1 aromatic heterocycles. The van der Waals surface area contributed by atoms with Crippen molar-refractivity contribution in [1.82, 2.24) is 4.98 Å². The maximum atomic E-state index is 15.2. The standard InChI is InChI=1S/C26H16F2N2O3S/c1-15-5-3-4-6-17(15)8-9-18-20(27)12-22-25(26(18)28)23(31)13-21(30-22)19-11-16(14-29)7-10-24(19)34(2,32)33/h3-7,10-13H,1-2H3,(H,30,31). The van der Waals surface area contributed by atoms with E-state index in [0.717, 1.165) is 24.0 Å². The molecular formula is C26H16F2N2O3S. The Kier molecular flexibility index (Phi) is 5.78. The first-order chi connectivity index (χ1) is 16.1. The lowest BCUT2D eigenvalue weighted by molar-refractivity contribution is 0.585. The number of halogens is 2. The number of fused-ring (bicyclic) bond motifs is 1. The number of hydrogen-bond donors (Lipinski definition) is 1. The Morgan fingerprint density at radius 2 is 1.74 bits per heavy atom. The van der Waals surface area contributed by atoms with E-state index >= 15 is 4.39 Å². The van der Waals surface area contributed by atoms with Crippen LogP contribution < -0.4 is 5.43 Å². The normalized spacial score (nSPS) is 11.0. The molecule has 1 N–H and O–H groups in total. The summed E-state index contributed by atoms with van der Waals surface area (Å²) in [5.74, 6) is 3.12. The minimum absolute atomic E-state index is 0.00701. The predicted octanol–water partition coefficient (Wildman–Crippen LogP) is 4.46. The van der Waals surface area contributed by atoms with Crippen LogP contribution in [-0.2, 0) is 9.84 Å². The molecule has 4 aromatic rings. The molecule has 168 valence electrons. The summed E-state index contributed by atoms with van der Waals surface area (Å²) in [6, 6.07) is 14.8. The zero-order valence-electron chi connectivity index (χ0n) is 18.0. The summed E-state index contributed by atoms with van der Waals surface area (Å²) in [5.41, 5.74) is 0.136. The van der Waals surface area contributed by atoms with Crippen LogP contribution in [0.25, 0.3) is 22.2 Å². The van der Waals surface area contributed by atoms with Gasteiger partial charge in [0.05, 0.1) is 38.7 Å². The topological polar surface area (TPSA) is 90.8 Å². The van der Waals surface area contributed by atoms with E-state index < -0.39 is 37.9 Å². The maximum Gasteiger partial charge on any atom is 0.193 e. The SMILES string of the molecule is Cc1ccccc1C#Cc1c(F)cc2[nH]c(-c3cc(C#N)ccc3S(C)(=O)=O)cc(=O)c2c1F. The molecule has 0 saturated carbocycles. The molecule has 0 atom stereocenters. The summed E-state index contributed by atoms with van der Waals surface area (Å²) in [4.78, 5) is 15.5. The minimum Gasteiger partial charge on any atom is -0.354 e. The summed E-state index contributed by atoms with van der Waals surface area (Å²) in [5, 5.41) is 8.79. The molecule has 0 fully saturated rings. The van der Waals surface area contributed by atoms with Gasteiger partial charge in [0, 0.05) is 23.4 Å². The van der Waals surface area contributed by atoms with E-state index in [1.807, 2.05) is 25.1 Å². The van der Waals surface area contributed by atoms with Gasteiger partial charge in [0.25, 0.3) is 0 Å². The largest absolute Gasteiger partial charge is 0.354 e. The number of aromatic nitrogens is 1. The van der Waals surface area contributed by atoms with Gasteiger partial charge in [-0.2, -0.15) is 5.26 Å². The van der Waals surface area contributed by atoms with Crippen LogP contribution in [0.5, 0.6) is 0 Å². The molecular weight excluding hydrogens is 458 g/mol. The highest BCUT2D eigenvalue weighted by Crippen LogP contribution is 2.29. The highest BCUT2D eigenvalue weighted by Gasteiger charge is 2.20. The van der Waals surface area contributed by atoms with Crippen molar-refractivity contribution in [3.05, 3.63) is 98.7 Å². The average molecular weight is 474 g/mol. The van der Waals surface area contributed by atoms with Gasteiger partial charge in [0.2, 0.25) is 0 Å². The second-order valence-electron chi connectivity index (χ2n) is 7.68. The van der Waals surface area contributed by atoms with Crippen molar-refractivity contribution in [3.63, 3.8) is 0 Å². The molecule has 0 aliphatic carbocycles. The lowest BCUT2D eigenvalue weighted by Gasteiger charge is -2.11. The summed E-state index contributed by atoms with van der Waals surface area (Å²) in [7, 11) is -3.73. The molecule has 0 saturated heterocycles. The van der Waals surface area contributed by atoms with Gasteiger partial charge in [-0.15, -0.1) is 0 Å². The molecule has 8 heteroatoms. The first kappa shape index (κ1) is 22.9. The van der Waals surface area contributed by atoms with Gasteiger partial charge in [0.1, 0.15) is 5.82 Å². The van der Waals surface area contributed by atoms with Crippen LogP contribution in [-0.4, -0.2) is 19.7 Å². The van der Waals surface area contributed by atoms with E-state index in [2.05, 4.69) is 16.8 Å². The molecule has 0 aliphatic rings.